The summed E-state index contributed by atoms with van der Waals surface area (Å²) < 4.78 is 38.8. The Kier molecular flexibility index (Phi) is 2.95. The van der Waals surface area contributed by atoms with Gasteiger partial charge in [-0.3, -0.25) is 4.79 Å². The molecule has 0 bridgehead atoms. The summed E-state index contributed by atoms with van der Waals surface area (Å²) in [5, 5.41) is 2.08. The Morgan fingerprint density at radius 2 is 2.07 bits per heavy atom. The minimum atomic E-state index is -4.73. The van der Waals surface area contributed by atoms with Crippen molar-refractivity contribution in [2.24, 2.45) is 0 Å². The number of halogens is 3. The van der Waals surface area contributed by atoms with Gasteiger partial charge in [-0.05, 0) is 12.1 Å². The van der Waals surface area contributed by atoms with Gasteiger partial charge in [-0.25, -0.2) is 0 Å². The van der Waals surface area contributed by atoms with Gasteiger partial charge in [0.25, 0.3) is 0 Å². The van der Waals surface area contributed by atoms with Crippen molar-refractivity contribution in [3.8, 4) is 5.75 Å². The van der Waals surface area contributed by atoms with E-state index in [2.05, 4.69) is 10.1 Å². The number of hydrogen-bond acceptors (Lipinski definition) is 2. The highest BCUT2D eigenvalue weighted by Crippen LogP contribution is 2.24. The van der Waals surface area contributed by atoms with E-state index in [0.29, 0.717) is 0 Å². The molecule has 6 heteroatoms. The minimum Gasteiger partial charge on any atom is -0.406 e. The minimum absolute atomic E-state index is 0.182. The van der Waals surface area contributed by atoms with Crippen molar-refractivity contribution in [1.82, 2.24) is 0 Å². The number of rotatable bonds is 3. The van der Waals surface area contributed by atoms with Crippen LogP contribution in [0.5, 0.6) is 5.75 Å². The van der Waals surface area contributed by atoms with E-state index in [1.807, 2.05) is 0 Å². The van der Waals surface area contributed by atoms with Crippen LogP contribution >= 0.6 is 0 Å². The highest BCUT2D eigenvalue weighted by atomic mass is 19.4. The summed E-state index contributed by atoms with van der Waals surface area (Å²) in [4.78, 5) is 9.87. The number of anilines is 1. The van der Waals surface area contributed by atoms with Crippen LogP contribution < -0.4 is 10.1 Å². The summed E-state index contributed by atoms with van der Waals surface area (Å²) >= 11 is 0. The first-order valence-corrected chi connectivity index (χ1v) is 3.50. The topological polar surface area (TPSA) is 38.3 Å². The normalized spacial score (nSPS) is 10.8. The summed E-state index contributed by atoms with van der Waals surface area (Å²) in [5.41, 5.74) is 0.182. The molecular formula is C8H5F3NO2. The van der Waals surface area contributed by atoms with Crippen LogP contribution in [-0.2, 0) is 4.79 Å². The molecule has 0 aliphatic rings. The second-order valence-electron chi connectivity index (χ2n) is 2.30. The Labute approximate surface area is 77.5 Å². The maximum Gasteiger partial charge on any atom is 0.573 e. The average Bonchev–Trinajstić information content (AvgIpc) is 2.02. The fourth-order valence-electron chi connectivity index (χ4n) is 0.830. The van der Waals surface area contributed by atoms with E-state index in [0.717, 1.165) is 12.1 Å². The van der Waals surface area contributed by atoms with Crippen LogP contribution in [0, 0.1) is 0 Å². The average molecular weight is 204 g/mol. The standard InChI is InChI=1S/C8H5F3NO2/c9-8(10,11)14-7-3-1-2-6(4-7)12-5-13/h1-4H,(H,12,13). The largest absolute Gasteiger partial charge is 0.573 e. The maximum absolute atomic E-state index is 11.7. The molecule has 0 aliphatic heterocycles. The lowest BCUT2D eigenvalue weighted by Crippen LogP contribution is -2.17. The molecule has 0 fully saturated rings. The van der Waals surface area contributed by atoms with Crippen molar-refractivity contribution in [3.05, 3.63) is 24.3 Å². The zero-order valence-corrected chi connectivity index (χ0v) is 6.76. The molecular weight excluding hydrogens is 199 g/mol. The fourth-order valence-corrected chi connectivity index (χ4v) is 0.830. The molecule has 0 spiro atoms. The maximum atomic E-state index is 11.7. The predicted molar refractivity (Wildman–Crippen MR) is 42.4 cm³/mol. The number of ether oxygens (including phenoxy) is 1. The quantitative estimate of drug-likeness (QED) is 0.765. The van der Waals surface area contributed by atoms with Crippen molar-refractivity contribution < 1.29 is 22.7 Å². The van der Waals surface area contributed by atoms with Crippen LogP contribution in [-0.4, -0.2) is 12.8 Å². The summed E-state index contributed by atoms with van der Waals surface area (Å²) in [6, 6.07) is 4.90. The summed E-state index contributed by atoms with van der Waals surface area (Å²) in [5.74, 6) is -0.391. The molecule has 14 heavy (non-hydrogen) atoms. The van der Waals surface area contributed by atoms with Crippen LogP contribution in [0.3, 0.4) is 0 Å². The lowest BCUT2D eigenvalue weighted by atomic mass is 10.3. The summed E-state index contributed by atoms with van der Waals surface area (Å²) in [6.45, 7) is 0. The van der Waals surface area contributed by atoms with E-state index >= 15 is 0 Å². The smallest absolute Gasteiger partial charge is 0.406 e. The summed E-state index contributed by atoms with van der Waals surface area (Å²) in [6.07, 6.45) is -3.40. The monoisotopic (exact) mass is 204 g/mol. The third-order valence-corrected chi connectivity index (χ3v) is 1.26. The molecule has 0 saturated carbocycles. The number of alkyl halides is 3. The van der Waals surface area contributed by atoms with Crippen molar-refractivity contribution >= 4 is 12.1 Å². The highest BCUT2D eigenvalue weighted by Gasteiger charge is 2.31. The highest BCUT2D eigenvalue weighted by molar-refractivity contribution is 5.72. The van der Waals surface area contributed by atoms with Crippen LogP contribution in [0.25, 0.3) is 0 Å². The van der Waals surface area contributed by atoms with Crippen LogP contribution in [0.4, 0.5) is 18.9 Å². The lowest BCUT2D eigenvalue weighted by molar-refractivity contribution is -0.274. The molecule has 3 nitrogen and oxygen atoms in total. The first-order valence-electron chi connectivity index (χ1n) is 3.50. The zero-order valence-electron chi connectivity index (χ0n) is 6.76. The van der Waals surface area contributed by atoms with Crippen LogP contribution in [0.1, 0.15) is 0 Å². The molecule has 1 aromatic rings. The van der Waals surface area contributed by atoms with Crippen molar-refractivity contribution in [3.63, 3.8) is 0 Å². The number of hydrogen-bond donors (Lipinski definition) is 1. The molecule has 1 radical (unpaired) electrons. The molecule has 0 heterocycles. The molecule has 75 valence electrons. The van der Waals surface area contributed by atoms with E-state index in [1.54, 1.807) is 0 Å². The molecule has 0 saturated heterocycles. The molecule has 1 rings (SSSR count). The number of carbonyl (C=O) groups excluding carboxylic acids is 1. The number of amides is 1. The van der Waals surface area contributed by atoms with Crippen LogP contribution in [0.2, 0.25) is 0 Å². The zero-order chi connectivity index (χ0) is 10.6. The Morgan fingerprint density at radius 3 is 2.64 bits per heavy atom. The molecule has 0 aromatic heterocycles. The van der Waals surface area contributed by atoms with Gasteiger partial charge in [0.1, 0.15) is 5.75 Å². The van der Waals surface area contributed by atoms with Crippen molar-refractivity contribution in [2.45, 2.75) is 6.36 Å². The third kappa shape index (κ3) is 3.34. The molecule has 1 amide bonds. The van der Waals surface area contributed by atoms with Gasteiger partial charge in [-0.1, -0.05) is 6.07 Å². The second kappa shape index (κ2) is 3.99. The van der Waals surface area contributed by atoms with Gasteiger partial charge in [0.2, 0.25) is 0 Å². The van der Waals surface area contributed by atoms with Crippen molar-refractivity contribution in [2.75, 3.05) is 5.32 Å². The fraction of sp³-hybridized carbons (Fsp3) is 0.125. The Balaban J connectivity index is 2.78. The SMILES string of the molecule is O=[C]Nc1cccc(OC(F)(F)F)c1. The van der Waals surface area contributed by atoms with E-state index in [1.165, 1.54) is 18.5 Å². The van der Waals surface area contributed by atoms with Gasteiger partial charge in [0.05, 0.1) is 0 Å². The van der Waals surface area contributed by atoms with E-state index < -0.39 is 12.1 Å². The van der Waals surface area contributed by atoms with E-state index in [4.69, 9.17) is 0 Å². The van der Waals surface area contributed by atoms with Gasteiger partial charge in [-0.2, -0.15) is 0 Å². The second-order valence-corrected chi connectivity index (χ2v) is 2.30. The third-order valence-electron chi connectivity index (χ3n) is 1.26. The van der Waals surface area contributed by atoms with E-state index in [-0.39, 0.29) is 5.69 Å². The van der Waals surface area contributed by atoms with E-state index in [9.17, 15) is 18.0 Å². The summed E-state index contributed by atoms with van der Waals surface area (Å²) in [7, 11) is 0. The molecule has 1 aromatic carbocycles. The number of benzene rings is 1. The van der Waals surface area contributed by atoms with Gasteiger partial charge >= 0.3 is 12.8 Å². The van der Waals surface area contributed by atoms with Gasteiger partial charge in [0.15, 0.2) is 0 Å². The van der Waals surface area contributed by atoms with Crippen molar-refractivity contribution in [1.29, 1.82) is 0 Å². The Bertz CT molecular complexity index is 325. The van der Waals surface area contributed by atoms with Crippen LogP contribution in [0.15, 0.2) is 24.3 Å². The van der Waals surface area contributed by atoms with Gasteiger partial charge in [-0.15, -0.1) is 13.2 Å². The first-order chi connectivity index (χ1) is 6.51. The van der Waals surface area contributed by atoms with Gasteiger partial charge < -0.3 is 10.1 Å². The number of nitrogens with one attached hydrogen (secondary N) is 1. The molecule has 0 atom stereocenters. The molecule has 0 unspecified atom stereocenters. The Morgan fingerprint density at radius 1 is 1.36 bits per heavy atom. The lowest BCUT2D eigenvalue weighted by Gasteiger charge is -2.09. The van der Waals surface area contributed by atoms with Gasteiger partial charge in [0, 0.05) is 11.8 Å². The molecule has 0 aliphatic carbocycles. The first kappa shape index (κ1) is 10.4. The predicted octanol–water partition coefficient (Wildman–Crippen LogP) is 2.06. The Hall–Kier alpha value is -1.72. The molecule has 1 N–H and O–H groups in total.